The van der Waals surface area contributed by atoms with Crippen LogP contribution in [-0.2, 0) is 9.59 Å². The Kier molecular flexibility index (Phi) is 7.73. The topological polar surface area (TPSA) is 61.9 Å². The Morgan fingerprint density at radius 3 is 2.35 bits per heavy atom. The molecular formula is C22H25F2N3O3S. The number of alkyl halides is 2. The largest absolute Gasteiger partial charge is 0.435 e. The second-order valence-corrected chi connectivity index (χ2v) is 8.57. The highest BCUT2D eigenvalue weighted by Crippen LogP contribution is 2.27. The van der Waals surface area contributed by atoms with E-state index in [0.717, 1.165) is 16.3 Å². The minimum atomic E-state index is -2.86. The highest BCUT2D eigenvalue weighted by atomic mass is 32.2. The summed E-state index contributed by atoms with van der Waals surface area (Å²) in [6.07, 6.45) is 0. The fraction of sp³-hybridized carbons (Fsp3) is 0.364. The summed E-state index contributed by atoms with van der Waals surface area (Å²) in [7, 11) is 0. The normalized spacial score (nSPS) is 15.0. The molecule has 6 nitrogen and oxygen atoms in total. The molecule has 31 heavy (non-hydrogen) atoms. The smallest absolute Gasteiger partial charge is 0.387 e. The van der Waals surface area contributed by atoms with Crippen LogP contribution in [0.1, 0.15) is 13.8 Å². The molecule has 1 aliphatic rings. The monoisotopic (exact) mass is 449 g/mol. The zero-order valence-corrected chi connectivity index (χ0v) is 18.2. The van der Waals surface area contributed by atoms with E-state index in [1.807, 2.05) is 42.2 Å². The molecule has 166 valence electrons. The van der Waals surface area contributed by atoms with Crippen LogP contribution in [0.3, 0.4) is 0 Å². The molecule has 0 bridgehead atoms. The van der Waals surface area contributed by atoms with Gasteiger partial charge in [-0.05, 0) is 43.3 Å². The van der Waals surface area contributed by atoms with Crippen LogP contribution >= 0.6 is 11.8 Å². The summed E-state index contributed by atoms with van der Waals surface area (Å²) in [4.78, 5) is 28.8. The minimum absolute atomic E-state index is 0.0605. The van der Waals surface area contributed by atoms with E-state index in [1.165, 1.54) is 24.8 Å². The van der Waals surface area contributed by atoms with Gasteiger partial charge in [0.15, 0.2) is 0 Å². The quantitative estimate of drug-likeness (QED) is 0.646. The Morgan fingerprint density at radius 2 is 1.74 bits per heavy atom. The molecule has 1 atom stereocenters. The molecule has 2 aromatic carbocycles. The number of carbonyl (C=O) groups is 2. The van der Waals surface area contributed by atoms with Crippen LogP contribution in [0.25, 0.3) is 0 Å². The highest BCUT2D eigenvalue weighted by Gasteiger charge is 2.26. The first kappa shape index (κ1) is 22.9. The zero-order chi connectivity index (χ0) is 22.4. The molecule has 2 aromatic rings. The minimum Gasteiger partial charge on any atom is -0.435 e. The maximum Gasteiger partial charge on any atom is 0.387 e. The summed E-state index contributed by atoms with van der Waals surface area (Å²) in [5.41, 5.74) is 1.52. The molecule has 3 rings (SSSR count). The summed E-state index contributed by atoms with van der Waals surface area (Å²) in [5.74, 6) is 0.0577. The first-order chi connectivity index (χ1) is 14.8. The number of piperazine rings is 1. The van der Waals surface area contributed by atoms with Crippen LogP contribution in [-0.4, -0.2) is 54.8 Å². The van der Waals surface area contributed by atoms with Crippen molar-refractivity contribution >= 4 is 35.0 Å². The van der Waals surface area contributed by atoms with Crippen molar-refractivity contribution in [3.05, 3.63) is 48.5 Å². The van der Waals surface area contributed by atoms with E-state index in [9.17, 15) is 18.4 Å². The number of thioether (sulfide) groups is 1. The number of amides is 2. The van der Waals surface area contributed by atoms with Crippen molar-refractivity contribution in [2.75, 3.05) is 36.4 Å². The molecule has 9 heteroatoms. The number of nitrogens with one attached hydrogen (secondary N) is 1. The zero-order valence-electron chi connectivity index (χ0n) is 17.4. The van der Waals surface area contributed by atoms with Crippen LogP contribution in [0, 0.1) is 0 Å². The second kappa shape index (κ2) is 10.5. The van der Waals surface area contributed by atoms with Crippen molar-refractivity contribution < 1.29 is 23.1 Å². The number of benzene rings is 2. The predicted molar refractivity (Wildman–Crippen MR) is 118 cm³/mol. The van der Waals surface area contributed by atoms with Crippen LogP contribution in [0.15, 0.2) is 53.4 Å². The van der Waals surface area contributed by atoms with Gasteiger partial charge in [-0.1, -0.05) is 6.07 Å². The number of ether oxygens (including phenoxy) is 1. The van der Waals surface area contributed by atoms with Gasteiger partial charge in [0.2, 0.25) is 11.8 Å². The first-order valence-electron chi connectivity index (χ1n) is 9.95. The standard InChI is InChI=1S/C22H25F2N3O3S/c1-15(31-20-8-6-17(7-9-20)25-16(2)28)21(29)27-12-10-26(11-13-27)18-4-3-5-19(14-18)30-22(23)24/h3-9,14-15,22H,10-13H2,1-2H3,(H,25,28). The number of carbonyl (C=O) groups excluding carboxylic acids is 2. The van der Waals surface area contributed by atoms with Gasteiger partial charge in [0, 0.05) is 55.4 Å². The molecular weight excluding hydrogens is 424 g/mol. The fourth-order valence-corrected chi connectivity index (χ4v) is 4.32. The molecule has 1 aliphatic heterocycles. The molecule has 2 amide bonds. The predicted octanol–water partition coefficient (Wildman–Crippen LogP) is 4.08. The van der Waals surface area contributed by atoms with Crippen molar-refractivity contribution in [3.63, 3.8) is 0 Å². The summed E-state index contributed by atoms with van der Waals surface area (Å²) in [5, 5.41) is 2.47. The van der Waals surface area contributed by atoms with Gasteiger partial charge in [0.25, 0.3) is 0 Å². The van der Waals surface area contributed by atoms with Crippen molar-refractivity contribution in [2.45, 2.75) is 30.6 Å². The number of nitrogens with zero attached hydrogens (tertiary/aromatic N) is 2. The van der Waals surface area contributed by atoms with E-state index in [1.54, 1.807) is 12.1 Å². The van der Waals surface area contributed by atoms with Gasteiger partial charge in [0.1, 0.15) is 5.75 Å². The van der Waals surface area contributed by atoms with E-state index < -0.39 is 6.61 Å². The Hall–Kier alpha value is -2.81. The summed E-state index contributed by atoms with van der Waals surface area (Å²) in [6, 6.07) is 14.0. The SMILES string of the molecule is CC(=O)Nc1ccc(SC(C)C(=O)N2CCN(c3cccc(OC(F)F)c3)CC2)cc1. The molecule has 1 N–H and O–H groups in total. The fourth-order valence-electron chi connectivity index (χ4n) is 3.37. The van der Waals surface area contributed by atoms with Gasteiger partial charge in [-0.15, -0.1) is 11.8 Å². The molecule has 0 spiro atoms. The molecule has 0 saturated carbocycles. The third-order valence-electron chi connectivity index (χ3n) is 4.83. The van der Waals surface area contributed by atoms with Gasteiger partial charge in [-0.2, -0.15) is 8.78 Å². The average molecular weight is 450 g/mol. The van der Waals surface area contributed by atoms with Gasteiger partial charge < -0.3 is 19.9 Å². The van der Waals surface area contributed by atoms with Gasteiger partial charge in [-0.25, -0.2) is 0 Å². The lowest BCUT2D eigenvalue weighted by atomic mass is 10.2. The number of hydrogen-bond donors (Lipinski definition) is 1. The molecule has 0 aromatic heterocycles. The first-order valence-corrected chi connectivity index (χ1v) is 10.8. The summed E-state index contributed by atoms with van der Waals surface area (Å²) in [6.45, 7) is 2.84. The van der Waals surface area contributed by atoms with E-state index >= 15 is 0 Å². The van der Waals surface area contributed by atoms with Crippen molar-refractivity contribution in [1.82, 2.24) is 4.90 Å². The Labute approximate surface area is 184 Å². The Bertz CT molecular complexity index is 903. The summed E-state index contributed by atoms with van der Waals surface area (Å²) < 4.78 is 29.3. The Balaban J connectivity index is 1.52. The lowest BCUT2D eigenvalue weighted by Gasteiger charge is -2.37. The molecule has 1 saturated heterocycles. The van der Waals surface area contributed by atoms with Crippen LogP contribution in [0.4, 0.5) is 20.2 Å². The molecule has 0 aliphatic carbocycles. The third kappa shape index (κ3) is 6.58. The summed E-state index contributed by atoms with van der Waals surface area (Å²) >= 11 is 1.47. The third-order valence-corrected chi connectivity index (χ3v) is 5.93. The lowest BCUT2D eigenvalue weighted by molar-refractivity contribution is -0.130. The van der Waals surface area contributed by atoms with E-state index in [0.29, 0.717) is 26.2 Å². The maximum atomic E-state index is 12.9. The second-order valence-electron chi connectivity index (χ2n) is 7.15. The number of anilines is 2. The van der Waals surface area contributed by atoms with Gasteiger partial charge >= 0.3 is 6.61 Å². The average Bonchev–Trinajstić information content (AvgIpc) is 2.74. The molecule has 1 unspecified atom stereocenters. The number of halogens is 2. The Morgan fingerprint density at radius 1 is 1.06 bits per heavy atom. The highest BCUT2D eigenvalue weighted by molar-refractivity contribution is 8.00. The van der Waals surface area contributed by atoms with E-state index in [-0.39, 0.29) is 22.8 Å². The van der Waals surface area contributed by atoms with Crippen LogP contribution < -0.4 is 15.0 Å². The van der Waals surface area contributed by atoms with E-state index in [4.69, 9.17) is 0 Å². The molecule has 0 radical (unpaired) electrons. The van der Waals surface area contributed by atoms with Crippen molar-refractivity contribution in [2.24, 2.45) is 0 Å². The van der Waals surface area contributed by atoms with Crippen molar-refractivity contribution in [3.8, 4) is 5.75 Å². The van der Waals surface area contributed by atoms with Crippen molar-refractivity contribution in [1.29, 1.82) is 0 Å². The molecule has 1 heterocycles. The maximum absolute atomic E-state index is 12.9. The number of hydrogen-bond acceptors (Lipinski definition) is 5. The lowest BCUT2D eigenvalue weighted by Crippen LogP contribution is -2.50. The number of rotatable bonds is 7. The van der Waals surface area contributed by atoms with Crippen LogP contribution in [0.5, 0.6) is 5.75 Å². The molecule has 1 fully saturated rings. The van der Waals surface area contributed by atoms with Gasteiger partial charge in [0.05, 0.1) is 5.25 Å². The van der Waals surface area contributed by atoms with Gasteiger partial charge in [-0.3, -0.25) is 9.59 Å². The van der Waals surface area contributed by atoms with E-state index in [2.05, 4.69) is 15.0 Å². The van der Waals surface area contributed by atoms with Crippen LogP contribution in [0.2, 0.25) is 0 Å².